The van der Waals surface area contributed by atoms with Gasteiger partial charge in [0, 0.05) is 0 Å². The van der Waals surface area contributed by atoms with Crippen LogP contribution >= 0.6 is 0 Å². The molecule has 72 valence electrons. The second-order valence-electron chi connectivity index (χ2n) is 2.40. The van der Waals surface area contributed by atoms with Gasteiger partial charge in [0.25, 0.3) is 0 Å². The lowest BCUT2D eigenvalue weighted by Gasteiger charge is -2.07. The van der Waals surface area contributed by atoms with Crippen LogP contribution in [0.3, 0.4) is 0 Å². The molecule has 0 aromatic carbocycles. The zero-order valence-corrected chi connectivity index (χ0v) is 6.53. The first-order valence-electron chi connectivity index (χ1n) is 3.50. The minimum Gasteiger partial charge on any atom is -0.322 e. The van der Waals surface area contributed by atoms with Crippen LogP contribution in [0.4, 0.5) is 17.6 Å². The Bertz CT molecular complexity index is 266. The third kappa shape index (κ3) is 3.04. The van der Waals surface area contributed by atoms with Gasteiger partial charge in [-0.3, -0.25) is 0 Å². The van der Waals surface area contributed by atoms with Gasteiger partial charge in [-0.15, -0.1) is 0 Å². The maximum Gasteiger partial charge on any atom is 0.394 e. The van der Waals surface area contributed by atoms with E-state index in [1.54, 1.807) is 0 Å². The molecule has 0 amide bonds. The van der Waals surface area contributed by atoms with Gasteiger partial charge >= 0.3 is 6.18 Å². The van der Waals surface area contributed by atoms with E-state index in [9.17, 15) is 17.6 Å². The van der Waals surface area contributed by atoms with E-state index in [4.69, 9.17) is 0 Å². The summed E-state index contributed by atoms with van der Waals surface area (Å²) >= 11 is 0. The Morgan fingerprint density at radius 3 is 2.62 bits per heavy atom. The van der Waals surface area contributed by atoms with Crippen molar-refractivity contribution < 1.29 is 17.6 Å². The molecule has 2 radical (unpaired) electrons. The lowest BCUT2D eigenvalue weighted by atomic mass is 10.3. The molecule has 0 saturated heterocycles. The molecule has 0 N–H and O–H groups in total. The Morgan fingerprint density at radius 2 is 2.08 bits per heavy atom. The Hall–Kier alpha value is -1.07. The molecular formula is C7H6F4N2. The fraction of sp³-hybridized carbons (Fsp3) is 0.571. The van der Waals surface area contributed by atoms with Crippen molar-refractivity contribution in [1.82, 2.24) is 9.55 Å². The molecule has 0 saturated carbocycles. The van der Waals surface area contributed by atoms with Gasteiger partial charge in [0.1, 0.15) is 12.9 Å². The summed E-state index contributed by atoms with van der Waals surface area (Å²) in [6, 6.07) is 0. The number of halogens is 4. The number of aryl methyl sites for hydroxylation is 1. The quantitative estimate of drug-likeness (QED) is 0.667. The van der Waals surface area contributed by atoms with E-state index >= 15 is 0 Å². The summed E-state index contributed by atoms with van der Waals surface area (Å²) < 4.78 is 48.4. The molecule has 1 heterocycles. The van der Waals surface area contributed by atoms with E-state index in [1.807, 2.05) is 0 Å². The summed E-state index contributed by atoms with van der Waals surface area (Å²) in [5, 5.41) is 0. The molecule has 0 fully saturated rings. The van der Waals surface area contributed by atoms with Crippen molar-refractivity contribution in [3.05, 3.63) is 18.2 Å². The van der Waals surface area contributed by atoms with Gasteiger partial charge < -0.3 is 4.57 Å². The number of alkyl halides is 4. The van der Waals surface area contributed by atoms with Crippen LogP contribution in [0.25, 0.3) is 0 Å². The summed E-state index contributed by atoms with van der Waals surface area (Å²) in [4.78, 5) is 3.27. The molecule has 0 aliphatic carbocycles. The van der Waals surface area contributed by atoms with Crippen molar-refractivity contribution >= 4 is 0 Å². The number of imidazole rings is 1. The molecule has 0 atom stereocenters. The standard InChI is InChI=1S/C7H6F4N2/c8-1-2-13-5-12-4-6(13)3-7(9,10)11/h1-3H2. The number of hydrogen-bond acceptors (Lipinski definition) is 1. The highest BCUT2D eigenvalue weighted by molar-refractivity contribution is 4.97. The topological polar surface area (TPSA) is 17.8 Å². The normalized spacial score (nSPS) is 12.0. The highest BCUT2D eigenvalue weighted by Gasteiger charge is 2.29. The number of nitrogens with zero attached hydrogens (tertiary/aromatic N) is 2. The molecular weight excluding hydrogens is 188 g/mol. The summed E-state index contributed by atoms with van der Waals surface area (Å²) in [7, 11) is 0. The van der Waals surface area contributed by atoms with Crippen LogP contribution in [0.1, 0.15) is 5.69 Å². The number of rotatable bonds is 3. The van der Waals surface area contributed by atoms with Crippen LogP contribution in [0.15, 0.2) is 0 Å². The van der Waals surface area contributed by atoms with Gasteiger partial charge in [-0.25, -0.2) is 9.37 Å². The first-order valence-corrected chi connectivity index (χ1v) is 3.50. The lowest BCUT2D eigenvalue weighted by Crippen LogP contribution is -2.15. The van der Waals surface area contributed by atoms with Gasteiger partial charge in [0.15, 0.2) is 6.33 Å². The molecule has 0 unspecified atom stereocenters. The number of aromatic nitrogens is 2. The van der Waals surface area contributed by atoms with E-state index in [-0.39, 0.29) is 12.2 Å². The average Bonchev–Trinajstić information content (AvgIpc) is 2.34. The third-order valence-electron chi connectivity index (χ3n) is 1.36. The molecule has 0 aliphatic rings. The van der Waals surface area contributed by atoms with Gasteiger partial charge in [-0.05, 0) is 0 Å². The highest BCUT2D eigenvalue weighted by Crippen LogP contribution is 2.20. The Morgan fingerprint density at radius 1 is 1.38 bits per heavy atom. The smallest absolute Gasteiger partial charge is 0.322 e. The molecule has 2 nitrogen and oxygen atoms in total. The van der Waals surface area contributed by atoms with Gasteiger partial charge in [-0.1, -0.05) is 0 Å². The zero-order valence-electron chi connectivity index (χ0n) is 6.53. The van der Waals surface area contributed by atoms with Crippen LogP contribution in [0.5, 0.6) is 0 Å². The van der Waals surface area contributed by atoms with E-state index in [2.05, 4.69) is 17.5 Å². The molecule has 13 heavy (non-hydrogen) atoms. The molecule has 1 aromatic heterocycles. The van der Waals surface area contributed by atoms with E-state index in [0.717, 1.165) is 4.57 Å². The second-order valence-corrected chi connectivity index (χ2v) is 2.40. The Labute approximate surface area is 72.2 Å². The predicted octanol–water partition coefficient (Wildman–Crippen LogP) is 1.56. The molecule has 0 bridgehead atoms. The van der Waals surface area contributed by atoms with Crippen molar-refractivity contribution in [2.45, 2.75) is 19.1 Å². The van der Waals surface area contributed by atoms with Crippen molar-refractivity contribution in [3.63, 3.8) is 0 Å². The molecule has 1 aromatic rings. The SMILES string of the molecule is FCCn1[c]n[c]c1CC(F)(F)F. The molecule has 0 spiro atoms. The predicted molar refractivity (Wildman–Crippen MR) is 35.6 cm³/mol. The van der Waals surface area contributed by atoms with E-state index in [1.165, 1.54) is 0 Å². The van der Waals surface area contributed by atoms with Crippen LogP contribution < -0.4 is 0 Å². The summed E-state index contributed by atoms with van der Waals surface area (Å²) in [6.07, 6.45) is -1.15. The van der Waals surface area contributed by atoms with Crippen LogP contribution in [-0.4, -0.2) is 22.4 Å². The Balaban J connectivity index is 2.70. The minimum atomic E-state index is -4.32. The van der Waals surface area contributed by atoms with Crippen molar-refractivity contribution in [2.75, 3.05) is 6.67 Å². The molecule has 0 aliphatic heterocycles. The van der Waals surface area contributed by atoms with Crippen molar-refractivity contribution in [3.8, 4) is 0 Å². The van der Waals surface area contributed by atoms with Gasteiger partial charge in [-0.2, -0.15) is 13.2 Å². The fourth-order valence-corrected chi connectivity index (χ4v) is 0.865. The van der Waals surface area contributed by atoms with Crippen LogP contribution in [-0.2, 0) is 13.0 Å². The molecule has 1 rings (SSSR count). The Kier molecular flexibility index (Phi) is 2.90. The summed E-state index contributed by atoms with van der Waals surface area (Å²) in [5.41, 5.74) is -0.190. The third-order valence-corrected chi connectivity index (χ3v) is 1.36. The highest BCUT2D eigenvalue weighted by atomic mass is 19.4. The maximum atomic E-state index is 11.9. The van der Waals surface area contributed by atoms with Gasteiger partial charge in [0.2, 0.25) is 0 Å². The zero-order chi connectivity index (χ0) is 9.90. The van der Waals surface area contributed by atoms with E-state index < -0.39 is 19.3 Å². The van der Waals surface area contributed by atoms with Crippen LogP contribution in [0, 0.1) is 12.5 Å². The largest absolute Gasteiger partial charge is 0.394 e. The average molecular weight is 194 g/mol. The van der Waals surface area contributed by atoms with Gasteiger partial charge in [0.05, 0.1) is 18.7 Å². The monoisotopic (exact) mass is 194 g/mol. The fourth-order valence-electron chi connectivity index (χ4n) is 0.865. The molecule has 6 heteroatoms. The maximum absolute atomic E-state index is 11.9. The van der Waals surface area contributed by atoms with Crippen LogP contribution in [0.2, 0.25) is 0 Å². The van der Waals surface area contributed by atoms with Crippen molar-refractivity contribution in [2.24, 2.45) is 0 Å². The summed E-state index contributed by atoms with van der Waals surface area (Å²) in [5.74, 6) is 0. The summed E-state index contributed by atoms with van der Waals surface area (Å²) in [6.45, 7) is -0.909. The van der Waals surface area contributed by atoms with E-state index in [0.29, 0.717) is 0 Å². The first-order chi connectivity index (χ1) is 6.03. The second kappa shape index (κ2) is 3.76. The van der Waals surface area contributed by atoms with Crippen molar-refractivity contribution in [1.29, 1.82) is 0 Å². The number of hydrogen-bond donors (Lipinski definition) is 0. The first kappa shape index (κ1) is 10.0. The lowest BCUT2D eigenvalue weighted by molar-refractivity contribution is -0.128. The minimum absolute atomic E-state index is 0.165.